The van der Waals surface area contributed by atoms with Gasteiger partial charge in [-0.2, -0.15) is 0 Å². The van der Waals surface area contributed by atoms with Gasteiger partial charge in [-0.1, -0.05) is 18.2 Å². The van der Waals surface area contributed by atoms with Crippen LogP contribution in [0.1, 0.15) is 17.3 Å². The Morgan fingerprint density at radius 3 is 2.25 bits per heavy atom. The lowest BCUT2D eigenvalue weighted by atomic mass is 10.2. The molecule has 0 aliphatic carbocycles. The van der Waals surface area contributed by atoms with Crippen LogP contribution in [0, 0.1) is 0 Å². The van der Waals surface area contributed by atoms with Crippen LogP contribution in [0.15, 0.2) is 30.3 Å². The van der Waals surface area contributed by atoms with Crippen molar-refractivity contribution in [2.45, 2.75) is 19.3 Å². The van der Waals surface area contributed by atoms with Gasteiger partial charge in [0.05, 0.1) is 6.04 Å². The first-order chi connectivity index (χ1) is 7.69. The van der Waals surface area contributed by atoms with Gasteiger partial charge in [0, 0.05) is 19.8 Å². The van der Waals surface area contributed by atoms with E-state index < -0.39 is 6.29 Å². The van der Waals surface area contributed by atoms with Crippen LogP contribution in [0.4, 0.5) is 0 Å². The molecule has 0 aliphatic heterocycles. The molecule has 0 saturated carbocycles. The van der Waals surface area contributed by atoms with Crippen LogP contribution in [0.2, 0.25) is 0 Å². The Bertz CT molecular complexity index is 322. The Morgan fingerprint density at radius 1 is 1.19 bits per heavy atom. The fourth-order valence-corrected chi connectivity index (χ4v) is 1.45. The van der Waals surface area contributed by atoms with E-state index in [1.54, 1.807) is 26.4 Å². The lowest BCUT2D eigenvalue weighted by Crippen LogP contribution is -2.42. The third-order valence-electron chi connectivity index (χ3n) is 2.27. The highest BCUT2D eigenvalue weighted by Gasteiger charge is 2.18. The third kappa shape index (κ3) is 3.32. The van der Waals surface area contributed by atoms with Crippen LogP contribution < -0.4 is 5.32 Å². The van der Waals surface area contributed by atoms with E-state index >= 15 is 0 Å². The van der Waals surface area contributed by atoms with E-state index in [0.29, 0.717) is 5.56 Å². The van der Waals surface area contributed by atoms with Gasteiger partial charge in [0.1, 0.15) is 0 Å². The lowest BCUT2D eigenvalue weighted by Gasteiger charge is -2.22. The molecule has 1 aromatic rings. The molecule has 0 saturated heterocycles. The molecule has 16 heavy (non-hydrogen) atoms. The van der Waals surface area contributed by atoms with Gasteiger partial charge in [0.2, 0.25) is 0 Å². The molecule has 0 aromatic heterocycles. The molecule has 4 heteroatoms. The molecule has 0 aliphatic rings. The van der Waals surface area contributed by atoms with Crippen LogP contribution >= 0.6 is 0 Å². The topological polar surface area (TPSA) is 47.6 Å². The first kappa shape index (κ1) is 12.7. The van der Waals surface area contributed by atoms with Crippen molar-refractivity contribution >= 4 is 5.91 Å². The van der Waals surface area contributed by atoms with Gasteiger partial charge >= 0.3 is 0 Å². The van der Waals surface area contributed by atoms with Gasteiger partial charge in [-0.15, -0.1) is 0 Å². The van der Waals surface area contributed by atoms with Crippen molar-refractivity contribution in [2.75, 3.05) is 14.2 Å². The standard InChI is InChI=1S/C12H17NO3/c1-9(12(15-2)16-3)13-11(14)10-7-5-4-6-8-10/h4-9,12H,1-3H3,(H,13,14)/t9-/m0/s1. The van der Waals surface area contributed by atoms with E-state index in [2.05, 4.69) is 5.32 Å². The van der Waals surface area contributed by atoms with Gasteiger partial charge in [-0.3, -0.25) is 4.79 Å². The van der Waals surface area contributed by atoms with Gasteiger partial charge in [0.15, 0.2) is 6.29 Å². The average Bonchev–Trinajstić information content (AvgIpc) is 2.31. The molecule has 0 radical (unpaired) electrons. The molecule has 88 valence electrons. The molecular weight excluding hydrogens is 206 g/mol. The summed E-state index contributed by atoms with van der Waals surface area (Å²) < 4.78 is 10.1. The van der Waals surface area contributed by atoms with Gasteiger partial charge in [0.25, 0.3) is 5.91 Å². The van der Waals surface area contributed by atoms with Crippen LogP contribution in [0.25, 0.3) is 0 Å². The fraction of sp³-hybridized carbons (Fsp3) is 0.417. The molecule has 1 rings (SSSR count). The zero-order valence-corrected chi connectivity index (χ0v) is 9.77. The van der Waals surface area contributed by atoms with Crippen molar-refractivity contribution in [2.24, 2.45) is 0 Å². The molecule has 4 nitrogen and oxygen atoms in total. The third-order valence-corrected chi connectivity index (χ3v) is 2.27. The summed E-state index contributed by atoms with van der Waals surface area (Å²) in [7, 11) is 3.08. The number of carbonyl (C=O) groups excluding carboxylic acids is 1. The summed E-state index contributed by atoms with van der Waals surface area (Å²) in [6, 6.07) is 8.83. The molecule has 1 atom stereocenters. The summed E-state index contributed by atoms with van der Waals surface area (Å²) in [6.45, 7) is 1.83. The maximum atomic E-state index is 11.8. The van der Waals surface area contributed by atoms with Crippen LogP contribution in [-0.2, 0) is 9.47 Å². The number of amides is 1. The van der Waals surface area contributed by atoms with Crippen molar-refractivity contribution in [3.8, 4) is 0 Å². The molecule has 0 heterocycles. The number of nitrogens with one attached hydrogen (secondary N) is 1. The second kappa shape index (κ2) is 6.25. The summed E-state index contributed by atoms with van der Waals surface area (Å²) in [4.78, 5) is 11.8. The van der Waals surface area contributed by atoms with Crippen molar-refractivity contribution in [3.63, 3.8) is 0 Å². The first-order valence-electron chi connectivity index (χ1n) is 5.10. The summed E-state index contributed by atoms with van der Waals surface area (Å²) in [5, 5.41) is 2.81. The van der Waals surface area contributed by atoms with E-state index in [1.807, 2.05) is 25.1 Å². The normalized spacial score (nSPS) is 12.5. The maximum absolute atomic E-state index is 11.8. The van der Waals surface area contributed by atoms with Crippen molar-refractivity contribution in [1.82, 2.24) is 5.32 Å². The number of methoxy groups -OCH3 is 2. The minimum Gasteiger partial charge on any atom is -0.354 e. The van der Waals surface area contributed by atoms with E-state index in [0.717, 1.165) is 0 Å². The first-order valence-corrected chi connectivity index (χ1v) is 5.10. The van der Waals surface area contributed by atoms with Gasteiger partial charge in [-0.05, 0) is 19.1 Å². The second-order valence-electron chi connectivity index (χ2n) is 3.47. The molecule has 0 spiro atoms. The monoisotopic (exact) mass is 223 g/mol. The van der Waals surface area contributed by atoms with E-state index in [1.165, 1.54) is 0 Å². The van der Waals surface area contributed by atoms with E-state index in [-0.39, 0.29) is 11.9 Å². The maximum Gasteiger partial charge on any atom is 0.251 e. The Kier molecular flexibility index (Phi) is 4.95. The molecule has 0 unspecified atom stereocenters. The molecule has 1 N–H and O–H groups in total. The minimum atomic E-state index is -0.437. The number of benzene rings is 1. The van der Waals surface area contributed by atoms with Crippen LogP contribution in [-0.4, -0.2) is 32.5 Å². The fourth-order valence-electron chi connectivity index (χ4n) is 1.45. The molecular formula is C12H17NO3. The highest BCUT2D eigenvalue weighted by Crippen LogP contribution is 2.02. The molecule has 1 aromatic carbocycles. The number of hydrogen-bond acceptors (Lipinski definition) is 3. The quantitative estimate of drug-likeness (QED) is 0.768. The van der Waals surface area contributed by atoms with Gasteiger partial charge in [-0.25, -0.2) is 0 Å². The van der Waals surface area contributed by atoms with Crippen molar-refractivity contribution < 1.29 is 14.3 Å². The van der Waals surface area contributed by atoms with E-state index in [9.17, 15) is 4.79 Å². The largest absolute Gasteiger partial charge is 0.354 e. The summed E-state index contributed by atoms with van der Waals surface area (Å²) in [5.74, 6) is -0.132. The Labute approximate surface area is 95.6 Å². The van der Waals surface area contributed by atoms with Gasteiger partial charge < -0.3 is 14.8 Å². The van der Waals surface area contributed by atoms with Crippen LogP contribution in [0.3, 0.4) is 0 Å². The zero-order chi connectivity index (χ0) is 12.0. The predicted molar refractivity (Wildman–Crippen MR) is 61.2 cm³/mol. The zero-order valence-electron chi connectivity index (χ0n) is 9.77. The minimum absolute atomic E-state index is 0.132. The summed E-state index contributed by atoms with van der Waals surface area (Å²) in [5.41, 5.74) is 0.625. The summed E-state index contributed by atoms with van der Waals surface area (Å²) >= 11 is 0. The van der Waals surface area contributed by atoms with Crippen molar-refractivity contribution in [1.29, 1.82) is 0 Å². The Morgan fingerprint density at radius 2 is 1.75 bits per heavy atom. The number of ether oxygens (including phenoxy) is 2. The summed E-state index contributed by atoms with van der Waals surface area (Å²) in [6.07, 6.45) is -0.437. The van der Waals surface area contributed by atoms with E-state index in [4.69, 9.17) is 9.47 Å². The smallest absolute Gasteiger partial charge is 0.251 e. The predicted octanol–water partition coefficient (Wildman–Crippen LogP) is 1.42. The average molecular weight is 223 g/mol. The second-order valence-corrected chi connectivity index (χ2v) is 3.47. The number of rotatable bonds is 5. The molecule has 0 fully saturated rings. The highest BCUT2D eigenvalue weighted by atomic mass is 16.7. The Balaban J connectivity index is 2.58. The van der Waals surface area contributed by atoms with Crippen molar-refractivity contribution in [3.05, 3.63) is 35.9 Å². The molecule has 1 amide bonds. The number of carbonyl (C=O) groups is 1. The number of hydrogen-bond donors (Lipinski definition) is 1. The molecule has 0 bridgehead atoms. The SMILES string of the molecule is COC(OC)[C@H](C)NC(=O)c1ccccc1. The Hall–Kier alpha value is -1.39. The highest BCUT2D eigenvalue weighted by molar-refractivity contribution is 5.94. The lowest BCUT2D eigenvalue weighted by molar-refractivity contribution is -0.117. The van der Waals surface area contributed by atoms with Crippen LogP contribution in [0.5, 0.6) is 0 Å².